The second kappa shape index (κ2) is 4.00. The highest BCUT2D eigenvalue weighted by Crippen LogP contribution is 2.52. The number of ether oxygens (including phenoxy) is 1. The second-order valence-electron chi connectivity index (χ2n) is 4.66. The van der Waals surface area contributed by atoms with Crippen LogP contribution in [0.25, 0.3) is 0 Å². The minimum Gasteiger partial charge on any atom is -0.459 e. The van der Waals surface area contributed by atoms with E-state index in [1.54, 1.807) is 18.2 Å². The second-order valence-corrected chi connectivity index (χ2v) is 5.79. The lowest BCUT2D eigenvalue weighted by molar-refractivity contribution is -0.124. The van der Waals surface area contributed by atoms with Gasteiger partial charge in [0.25, 0.3) is 6.02 Å². The maximum absolute atomic E-state index is 14.4. The van der Waals surface area contributed by atoms with Crippen molar-refractivity contribution in [3.63, 3.8) is 0 Å². The molecule has 1 atom stereocenters. The molecule has 0 saturated carbocycles. The minimum atomic E-state index is -3.10. The number of anilines is 1. The first-order valence-corrected chi connectivity index (χ1v) is 6.82. The number of fused-ring (bicyclic) bond motifs is 2. The molecule has 0 fully saturated rings. The first-order valence-electron chi connectivity index (χ1n) is 5.83. The van der Waals surface area contributed by atoms with Crippen LogP contribution in [0.1, 0.15) is 12.0 Å². The van der Waals surface area contributed by atoms with Crippen LogP contribution in [-0.2, 0) is 10.3 Å². The molecule has 19 heavy (non-hydrogen) atoms. The van der Waals surface area contributed by atoms with Crippen LogP contribution in [0.4, 0.5) is 14.5 Å². The van der Waals surface area contributed by atoms with Crippen molar-refractivity contribution in [2.45, 2.75) is 22.8 Å². The first-order chi connectivity index (χ1) is 8.95. The fraction of sp³-hybridized carbons (Fsp3) is 0.417. The molecule has 0 amide bonds. The average Bonchev–Trinajstić information content (AvgIpc) is 2.36. The molecule has 102 valence electrons. The number of halogens is 2. The van der Waals surface area contributed by atoms with Crippen LogP contribution in [0.2, 0.25) is 0 Å². The quantitative estimate of drug-likeness (QED) is 0.714. The van der Waals surface area contributed by atoms with E-state index < -0.39 is 18.1 Å². The van der Waals surface area contributed by atoms with Gasteiger partial charge in [0.05, 0.1) is 0 Å². The fourth-order valence-corrected chi connectivity index (χ4v) is 3.69. The monoisotopic (exact) mass is 285 g/mol. The van der Waals surface area contributed by atoms with Crippen LogP contribution < -0.4 is 11.5 Å². The van der Waals surface area contributed by atoms with Gasteiger partial charge in [-0.3, -0.25) is 0 Å². The van der Waals surface area contributed by atoms with Gasteiger partial charge < -0.3 is 16.2 Å². The highest BCUT2D eigenvalue weighted by atomic mass is 32.2. The van der Waals surface area contributed by atoms with Crippen molar-refractivity contribution in [2.75, 3.05) is 18.1 Å². The van der Waals surface area contributed by atoms with Crippen molar-refractivity contribution in [1.29, 1.82) is 0 Å². The van der Waals surface area contributed by atoms with Gasteiger partial charge in [-0.2, -0.15) is 8.78 Å². The fourth-order valence-electron chi connectivity index (χ4n) is 2.52. The highest BCUT2D eigenvalue weighted by molar-refractivity contribution is 7.99. The summed E-state index contributed by atoms with van der Waals surface area (Å²) in [7, 11) is 0. The molecule has 4 nitrogen and oxygen atoms in total. The molecule has 7 heteroatoms. The van der Waals surface area contributed by atoms with Crippen LogP contribution in [0.3, 0.4) is 0 Å². The van der Waals surface area contributed by atoms with Crippen LogP contribution in [0.15, 0.2) is 28.1 Å². The first kappa shape index (κ1) is 12.5. The third-order valence-corrected chi connectivity index (χ3v) is 4.55. The Hall–Kier alpha value is -1.50. The van der Waals surface area contributed by atoms with E-state index in [0.29, 0.717) is 17.0 Å². The van der Waals surface area contributed by atoms with E-state index in [1.807, 2.05) is 0 Å². The van der Waals surface area contributed by atoms with E-state index in [9.17, 15) is 8.78 Å². The number of hydrogen-bond donors (Lipinski definition) is 2. The number of nitrogens with zero attached hydrogens (tertiary/aromatic N) is 1. The minimum absolute atomic E-state index is 0.189. The van der Waals surface area contributed by atoms with E-state index in [-0.39, 0.29) is 12.4 Å². The summed E-state index contributed by atoms with van der Waals surface area (Å²) in [6.07, 6.45) is 0.213. The van der Waals surface area contributed by atoms with Crippen LogP contribution >= 0.6 is 11.8 Å². The number of benzene rings is 1. The number of hydrogen-bond acceptors (Lipinski definition) is 5. The number of amidine groups is 1. The molecule has 0 bridgehead atoms. The van der Waals surface area contributed by atoms with E-state index in [1.165, 1.54) is 11.8 Å². The van der Waals surface area contributed by atoms with E-state index in [2.05, 4.69) is 4.99 Å². The molecule has 1 aromatic rings. The Morgan fingerprint density at radius 3 is 2.89 bits per heavy atom. The molecule has 3 rings (SSSR count). The Bertz CT molecular complexity index is 564. The summed E-state index contributed by atoms with van der Waals surface area (Å²) < 4.78 is 33.5. The van der Waals surface area contributed by atoms with E-state index >= 15 is 0 Å². The predicted molar refractivity (Wildman–Crippen MR) is 70.4 cm³/mol. The van der Waals surface area contributed by atoms with Crippen LogP contribution in [0, 0.1) is 0 Å². The number of thioether (sulfide) groups is 1. The summed E-state index contributed by atoms with van der Waals surface area (Å²) in [6, 6.07) is 4.84. The predicted octanol–water partition coefficient (Wildman–Crippen LogP) is 1.94. The lowest BCUT2D eigenvalue weighted by Crippen LogP contribution is -2.54. The summed E-state index contributed by atoms with van der Waals surface area (Å²) >= 11 is 1.53. The molecule has 2 heterocycles. The molecule has 1 aromatic carbocycles. The van der Waals surface area contributed by atoms with E-state index in [4.69, 9.17) is 16.2 Å². The molecule has 2 aliphatic heterocycles. The summed E-state index contributed by atoms with van der Waals surface area (Å²) in [5.41, 5.74) is 10.5. The van der Waals surface area contributed by atoms with Gasteiger partial charge in [0, 0.05) is 21.9 Å². The normalized spacial score (nSPS) is 28.4. The highest BCUT2D eigenvalue weighted by Gasteiger charge is 2.59. The van der Waals surface area contributed by atoms with Gasteiger partial charge in [0.2, 0.25) is 0 Å². The zero-order valence-electron chi connectivity index (χ0n) is 10.0. The van der Waals surface area contributed by atoms with Crippen molar-refractivity contribution in [1.82, 2.24) is 0 Å². The molecule has 1 spiro atoms. The van der Waals surface area contributed by atoms with Crippen molar-refractivity contribution in [3.05, 3.63) is 23.8 Å². The summed E-state index contributed by atoms with van der Waals surface area (Å²) in [6.45, 7) is -0.749. The zero-order chi connectivity index (χ0) is 13.7. The lowest BCUT2D eigenvalue weighted by atomic mass is 9.80. The maximum Gasteiger partial charge on any atom is 0.310 e. The molecule has 0 aromatic heterocycles. The number of alkyl halides is 2. The standard InChI is InChI=1S/C12H13F2N3OS/c13-12(14)6-18-10(16)17-11(12)3-4-19-9-2-1-7(15)5-8(9)11/h1-2,5H,3-4,6,15H2,(H2,16,17)/t11-/m1/s1. The van der Waals surface area contributed by atoms with Gasteiger partial charge in [-0.15, -0.1) is 11.8 Å². The number of aliphatic imine (C=N–C) groups is 1. The molecule has 0 unspecified atom stereocenters. The topological polar surface area (TPSA) is 73.6 Å². The molecule has 0 saturated heterocycles. The third kappa shape index (κ3) is 1.75. The zero-order valence-corrected chi connectivity index (χ0v) is 10.8. The maximum atomic E-state index is 14.4. The summed E-state index contributed by atoms with van der Waals surface area (Å²) in [5.74, 6) is -2.54. The average molecular weight is 285 g/mol. The molecule has 0 radical (unpaired) electrons. The number of rotatable bonds is 0. The molecular formula is C12H13F2N3OS. The van der Waals surface area contributed by atoms with Crippen LogP contribution in [0.5, 0.6) is 0 Å². The van der Waals surface area contributed by atoms with Gasteiger partial charge in [-0.25, -0.2) is 4.99 Å². The molecule has 2 aliphatic rings. The van der Waals surface area contributed by atoms with Gasteiger partial charge in [0.1, 0.15) is 0 Å². The van der Waals surface area contributed by atoms with Crippen molar-refractivity contribution in [2.24, 2.45) is 10.7 Å². The van der Waals surface area contributed by atoms with Gasteiger partial charge >= 0.3 is 5.92 Å². The van der Waals surface area contributed by atoms with Crippen molar-refractivity contribution < 1.29 is 13.5 Å². The molecule has 0 aliphatic carbocycles. The molecule has 4 N–H and O–H groups in total. The Morgan fingerprint density at radius 1 is 1.32 bits per heavy atom. The lowest BCUT2D eigenvalue weighted by Gasteiger charge is -2.43. The Morgan fingerprint density at radius 2 is 2.11 bits per heavy atom. The van der Waals surface area contributed by atoms with Gasteiger partial charge in [-0.1, -0.05) is 0 Å². The number of nitrogen functional groups attached to an aromatic ring is 1. The number of nitrogens with two attached hydrogens (primary N) is 2. The Labute approximate surface area is 113 Å². The Kier molecular flexibility index (Phi) is 2.63. The summed E-state index contributed by atoms with van der Waals surface area (Å²) in [5, 5.41) is 0. The SMILES string of the molecule is NC1=N[C@@]2(CCSc3ccc(N)cc32)C(F)(F)CO1. The Balaban J connectivity index is 2.25. The van der Waals surface area contributed by atoms with Gasteiger partial charge in [0.15, 0.2) is 12.1 Å². The van der Waals surface area contributed by atoms with Crippen LogP contribution in [-0.4, -0.2) is 24.3 Å². The summed E-state index contributed by atoms with van der Waals surface area (Å²) in [4.78, 5) is 4.74. The van der Waals surface area contributed by atoms with E-state index in [0.717, 1.165) is 4.90 Å². The van der Waals surface area contributed by atoms with Crippen molar-refractivity contribution >= 4 is 23.5 Å². The smallest absolute Gasteiger partial charge is 0.310 e. The largest absolute Gasteiger partial charge is 0.459 e. The van der Waals surface area contributed by atoms with Crippen molar-refractivity contribution in [3.8, 4) is 0 Å². The third-order valence-electron chi connectivity index (χ3n) is 3.48. The van der Waals surface area contributed by atoms with Gasteiger partial charge in [-0.05, 0) is 24.6 Å². The molecular weight excluding hydrogens is 272 g/mol.